The Hall–Kier alpha value is -3.06. The van der Waals surface area contributed by atoms with Gasteiger partial charge in [0.05, 0.1) is 39.3 Å². The predicted molar refractivity (Wildman–Crippen MR) is 109 cm³/mol. The van der Waals surface area contributed by atoms with E-state index in [1.807, 2.05) is 6.07 Å². The van der Waals surface area contributed by atoms with Gasteiger partial charge in [0, 0.05) is 17.1 Å². The molecular weight excluding hydrogens is 371 g/mol. The summed E-state index contributed by atoms with van der Waals surface area (Å²) < 4.78 is 15.6. The number of benzene rings is 1. The molecule has 2 aromatic heterocycles. The number of rotatable bonds is 4. The molecule has 1 fully saturated rings. The number of fused-ring (bicyclic) bond motifs is 1. The van der Waals surface area contributed by atoms with E-state index in [9.17, 15) is 14.0 Å². The Kier molecular flexibility index (Phi) is 5.40. The number of hydrogen-bond acceptors (Lipinski definition) is 3. The molecule has 1 amide bonds. The molecule has 0 aliphatic carbocycles. The third-order valence-corrected chi connectivity index (χ3v) is 5.62. The molecule has 150 valence electrons. The largest absolute Gasteiger partial charge is 0.332 e. The Balaban J connectivity index is 1.76. The van der Waals surface area contributed by atoms with Crippen LogP contribution in [0.4, 0.5) is 4.39 Å². The highest BCUT2D eigenvalue weighted by Gasteiger charge is 2.26. The first-order valence-corrected chi connectivity index (χ1v) is 9.93. The second-order valence-electron chi connectivity index (χ2n) is 7.35. The number of carbonyl (C=O) groups excluding carboxylic acids is 1. The summed E-state index contributed by atoms with van der Waals surface area (Å²) in [7, 11) is 0. The number of hydrogen-bond donors (Lipinski definition) is 1. The molecule has 6 nitrogen and oxygen atoms in total. The third kappa shape index (κ3) is 3.78. The second-order valence-corrected chi connectivity index (χ2v) is 7.35. The number of piperazine rings is 1. The molecule has 3 heterocycles. The zero-order valence-corrected chi connectivity index (χ0v) is 16.4. The first-order valence-electron chi connectivity index (χ1n) is 9.93. The molecule has 1 N–H and O–H groups in total. The summed E-state index contributed by atoms with van der Waals surface area (Å²) in [6.45, 7) is 6.18. The summed E-state index contributed by atoms with van der Waals surface area (Å²) in [6, 6.07) is 11.5. The number of pyridine rings is 2. The summed E-state index contributed by atoms with van der Waals surface area (Å²) in [4.78, 5) is 33.9. The predicted octanol–water partition coefficient (Wildman–Crippen LogP) is 0.944. The monoisotopic (exact) mass is 395 g/mol. The van der Waals surface area contributed by atoms with E-state index in [1.165, 1.54) is 15.5 Å². The lowest BCUT2D eigenvalue weighted by molar-refractivity contribution is -0.902. The molecular formula is C22H24FN4O2+. The Morgan fingerprint density at radius 3 is 2.66 bits per heavy atom. The van der Waals surface area contributed by atoms with Crippen LogP contribution in [0.3, 0.4) is 0 Å². The normalized spacial score (nSPS) is 15.0. The summed E-state index contributed by atoms with van der Waals surface area (Å²) in [6.07, 6.45) is 1.59. The zero-order chi connectivity index (χ0) is 20.4. The van der Waals surface area contributed by atoms with Crippen LogP contribution in [0.1, 0.15) is 22.8 Å². The van der Waals surface area contributed by atoms with Crippen LogP contribution in [0, 0.1) is 5.82 Å². The van der Waals surface area contributed by atoms with Gasteiger partial charge in [-0.15, -0.1) is 0 Å². The van der Waals surface area contributed by atoms with Gasteiger partial charge in [0.1, 0.15) is 17.0 Å². The maximum atomic E-state index is 14.2. The van der Waals surface area contributed by atoms with E-state index in [0.717, 1.165) is 19.6 Å². The zero-order valence-electron chi connectivity index (χ0n) is 16.4. The molecule has 4 rings (SSSR count). The lowest BCUT2D eigenvalue weighted by Gasteiger charge is -2.31. The van der Waals surface area contributed by atoms with Gasteiger partial charge < -0.3 is 9.80 Å². The van der Waals surface area contributed by atoms with Crippen LogP contribution in [0.15, 0.2) is 53.5 Å². The minimum atomic E-state index is -0.435. The van der Waals surface area contributed by atoms with Crippen molar-refractivity contribution >= 4 is 16.9 Å². The molecule has 1 saturated heterocycles. The molecule has 1 aliphatic heterocycles. The SMILES string of the molecule is CC[NH+]1CCN(C(=O)c2cc3cccnc3n(Cc3ccccc3F)c2=O)CC1. The number of nitrogens with one attached hydrogen (secondary N) is 1. The molecule has 1 aromatic carbocycles. The van der Waals surface area contributed by atoms with Crippen molar-refractivity contribution in [1.82, 2.24) is 14.5 Å². The summed E-state index contributed by atoms with van der Waals surface area (Å²) in [5.74, 6) is -0.655. The summed E-state index contributed by atoms with van der Waals surface area (Å²) >= 11 is 0. The van der Waals surface area contributed by atoms with Gasteiger partial charge >= 0.3 is 0 Å². The number of nitrogens with zero attached hydrogens (tertiary/aromatic N) is 3. The fraction of sp³-hybridized carbons (Fsp3) is 0.318. The van der Waals surface area contributed by atoms with Crippen molar-refractivity contribution in [2.24, 2.45) is 0 Å². The summed E-state index contributed by atoms with van der Waals surface area (Å²) in [5.41, 5.74) is 0.500. The molecule has 0 radical (unpaired) electrons. The molecule has 7 heteroatoms. The molecule has 1 aliphatic rings. The quantitative estimate of drug-likeness (QED) is 0.716. The van der Waals surface area contributed by atoms with Gasteiger partial charge in [0.25, 0.3) is 11.5 Å². The van der Waals surface area contributed by atoms with E-state index in [2.05, 4.69) is 11.9 Å². The van der Waals surface area contributed by atoms with Gasteiger partial charge in [-0.3, -0.25) is 14.2 Å². The topological polar surface area (TPSA) is 59.6 Å². The lowest BCUT2D eigenvalue weighted by Crippen LogP contribution is -3.14. The number of aromatic nitrogens is 2. The maximum Gasteiger partial charge on any atom is 0.265 e. The van der Waals surface area contributed by atoms with Crippen LogP contribution in [-0.4, -0.2) is 53.1 Å². The van der Waals surface area contributed by atoms with E-state index in [0.29, 0.717) is 29.7 Å². The molecule has 0 atom stereocenters. The van der Waals surface area contributed by atoms with Crippen LogP contribution >= 0.6 is 0 Å². The molecule has 0 bridgehead atoms. The van der Waals surface area contributed by atoms with Gasteiger partial charge in [0.2, 0.25) is 0 Å². The van der Waals surface area contributed by atoms with Gasteiger partial charge in [-0.05, 0) is 31.2 Å². The van der Waals surface area contributed by atoms with Crippen molar-refractivity contribution in [3.05, 3.63) is 76.0 Å². The fourth-order valence-electron chi connectivity index (χ4n) is 3.85. The highest BCUT2D eigenvalue weighted by atomic mass is 19.1. The average Bonchev–Trinajstić information content (AvgIpc) is 2.76. The van der Waals surface area contributed by atoms with Crippen LogP contribution in [-0.2, 0) is 6.54 Å². The Bertz CT molecular complexity index is 1100. The Labute approximate surface area is 168 Å². The Morgan fingerprint density at radius 1 is 1.17 bits per heavy atom. The number of amides is 1. The van der Waals surface area contributed by atoms with E-state index < -0.39 is 5.56 Å². The lowest BCUT2D eigenvalue weighted by atomic mass is 10.1. The van der Waals surface area contributed by atoms with Crippen LogP contribution < -0.4 is 10.5 Å². The number of likely N-dealkylation sites (N-methyl/N-ethyl adjacent to an activating group) is 1. The minimum Gasteiger partial charge on any atom is -0.332 e. The van der Waals surface area contributed by atoms with E-state index in [4.69, 9.17) is 0 Å². The number of carbonyl (C=O) groups is 1. The smallest absolute Gasteiger partial charge is 0.265 e. The van der Waals surface area contributed by atoms with Crippen molar-refractivity contribution in [3.63, 3.8) is 0 Å². The van der Waals surface area contributed by atoms with E-state index in [1.54, 1.807) is 41.4 Å². The van der Waals surface area contributed by atoms with Gasteiger partial charge in [-0.1, -0.05) is 18.2 Å². The van der Waals surface area contributed by atoms with Gasteiger partial charge in [0.15, 0.2) is 0 Å². The van der Waals surface area contributed by atoms with E-state index in [-0.39, 0.29) is 23.8 Å². The van der Waals surface area contributed by atoms with Crippen LogP contribution in [0.25, 0.3) is 11.0 Å². The van der Waals surface area contributed by atoms with E-state index >= 15 is 0 Å². The second kappa shape index (κ2) is 8.13. The van der Waals surface area contributed by atoms with Gasteiger partial charge in [-0.25, -0.2) is 9.37 Å². The van der Waals surface area contributed by atoms with Crippen molar-refractivity contribution in [2.45, 2.75) is 13.5 Å². The fourth-order valence-corrected chi connectivity index (χ4v) is 3.85. The average molecular weight is 395 g/mol. The van der Waals surface area contributed by atoms with Gasteiger partial charge in [-0.2, -0.15) is 0 Å². The van der Waals surface area contributed by atoms with Crippen molar-refractivity contribution in [3.8, 4) is 0 Å². The third-order valence-electron chi connectivity index (χ3n) is 5.62. The first-order chi connectivity index (χ1) is 14.1. The standard InChI is InChI=1S/C22H23FN4O2/c1-2-25-10-12-26(13-11-25)21(28)18-14-16-7-5-9-24-20(16)27(22(18)29)15-17-6-3-4-8-19(17)23/h3-9,14H,2,10-13,15H2,1H3/p+1. The molecule has 0 unspecified atom stereocenters. The number of halogens is 1. The van der Waals surface area contributed by atoms with Crippen molar-refractivity contribution in [2.75, 3.05) is 32.7 Å². The minimum absolute atomic E-state index is 0.0217. The molecule has 0 spiro atoms. The van der Waals surface area contributed by atoms with Crippen LogP contribution in [0.2, 0.25) is 0 Å². The van der Waals surface area contributed by atoms with Crippen molar-refractivity contribution < 1.29 is 14.1 Å². The van der Waals surface area contributed by atoms with Crippen LogP contribution in [0.5, 0.6) is 0 Å². The Morgan fingerprint density at radius 2 is 1.93 bits per heavy atom. The summed E-state index contributed by atoms with van der Waals surface area (Å²) in [5, 5.41) is 0.685. The highest BCUT2D eigenvalue weighted by Crippen LogP contribution is 2.15. The highest BCUT2D eigenvalue weighted by molar-refractivity contribution is 5.97. The number of quaternary nitrogens is 1. The first kappa shape index (κ1) is 19.3. The van der Waals surface area contributed by atoms with Crippen molar-refractivity contribution in [1.29, 1.82) is 0 Å². The molecule has 0 saturated carbocycles. The molecule has 29 heavy (non-hydrogen) atoms. The maximum absolute atomic E-state index is 14.2. The molecule has 3 aromatic rings.